The van der Waals surface area contributed by atoms with Crippen LogP contribution in [0.3, 0.4) is 0 Å². The molecule has 1 N–H and O–H groups in total. The summed E-state index contributed by atoms with van der Waals surface area (Å²) in [6.45, 7) is 0. The molecule has 0 bridgehead atoms. The van der Waals surface area contributed by atoms with Gasteiger partial charge in [-0.15, -0.1) is 10.2 Å². The lowest BCUT2D eigenvalue weighted by Gasteiger charge is -2.03. The highest BCUT2D eigenvalue weighted by Gasteiger charge is 2.12. The number of fused-ring (bicyclic) bond motifs is 1. The van der Waals surface area contributed by atoms with E-state index < -0.39 is 0 Å². The number of nitrogens with zero attached hydrogens (tertiary/aromatic N) is 3. The van der Waals surface area contributed by atoms with Gasteiger partial charge in [-0.2, -0.15) is 0 Å². The molecular formula is C12H7BrClN3O. The Morgan fingerprint density at radius 3 is 2.78 bits per heavy atom. The topological polar surface area (TPSA) is 50.4 Å². The van der Waals surface area contributed by atoms with Crippen molar-refractivity contribution in [3.05, 3.63) is 46.0 Å². The Bertz CT molecular complexity index is 741. The van der Waals surface area contributed by atoms with Gasteiger partial charge in [0.25, 0.3) is 0 Å². The van der Waals surface area contributed by atoms with Crippen molar-refractivity contribution in [3.63, 3.8) is 0 Å². The minimum absolute atomic E-state index is 0.124. The van der Waals surface area contributed by atoms with Gasteiger partial charge in [0.15, 0.2) is 11.5 Å². The fourth-order valence-electron chi connectivity index (χ4n) is 1.73. The maximum absolute atomic E-state index is 9.36. The van der Waals surface area contributed by atoms with Crippen LogP contribution >= 0.6 is 27.5 Å². The number of aromatic nitrogens is 3. The third kappa shape index (κ3) is 1.85. The Balaban J connectivity index is 2.28. The quantitative estimate of drug-likeness (QED) is 0.745. The minimum Gasteiger partial charge on any atom is -0.508 e. The predicted molar refractivity (Wildman–Crippen MR) is 72.8 cm³/mol. The maximum Gasteiger partial charge on any atom is 0.169 e. The molecule has 0 radical (unpaired) electrons. The average molecular weight is 325 g/mol. The number of hydrogen-bond acceptors (Lipinski definition) is 3. The van der Waals surface area contributed by atoms with Crippen LogP contribution in [0.2, 0.25) is 5.02 Å². The van der Waals surface area contributed by atoms with Crippen molar-refractivity contribution in [1.82, 2.24) is 14.6 Å². The Kier molecular flexibility index (Phi) is 2.72. The Hall–Kier alpha value is -1.59. The average Bonchev–Trinajstić information content (AvgIpc) is 2.72. The van der Waals surface area contributed by atoms with Crippen molar-refractivity contribution in [2.75, 3.05) is 0 Å². The number of halogens is 2. The third-order valence-electron chi connectivity index (χ3n) is 2.56. The monoisotopic (exact) mass is 323 g/mol. The van der Waals surface area contributed by atoms with E-state index in [0.29, 0.717) is 10.8 Å². The molecule has 2 heterocycles. The molecule has 0 saturated heterocycles. The SMILES string of the molecule is Oc1ccc(-c2nnc3ccc(Br)cn23)c(Cl)c1. The summed E-state index contributed by atoms with van der Waals surface area (Å²) in [4.78, 5) is 0. The fourth-order valence-corrected chi connectivity index (χ4v) is 2.33. The van der Waals surface area contributed by atoms with E-state index >= 15 is 0 Å². The Morgan fingerprint density at radius 2 is 2.00 bits per heavy atom. The van der Waals surface area contributed by atoms with Crippen LogP contribution in [0.4, 0.5) is 0 Å². The van der Waals surface area contributed by atoms with Gasteiger partial charge >= 0.3 is 0 Å². The van der Waals surface area contributed by atoms with Crippen molar-refractivity contribution < 1.29 is 5.11 Å². The lowest BCUT2D eigenvalue weighted by Crippen LogP contribution is -1.90. The summed E-state index contributed by atoms with van der Waals surface area (Å²) in [5.41, 5.74) is 1.46. The second kappa shape index (κ2) is 4.26. The van der Waals surface area contributed by atoms with Gasteiger partial charge in [-0.3, -0.25) is 4.40 Å². The fraction of sp³-hybridized carbons (Fsp3) is 0. The second-order valence-corrected chi connectivity index (χ2v) is 5.09. The Morgan fingerprint density at radius 1 is 1.17 bits per heavy atom. The highest BCUT2D eigenvalue weighted by molar-refractivity contribution is 9.10. The molecule has 1 aromatic carbocycles. The number of phenolic OH excluding ortho intramolecular Hbond substituents is 1. The minimum atomic E-state index is 0.124. The van der Waals surface area contributed by atoms with Crippen LogP contribution in [-0.2, 0) is 0 Å². The molecule has 0 aliphatic rings. The molecule has 18 heavy (non-hydrogen) atoms. The van der Waals surface area contributed by atoms with Gasteiger partial charge in [-0.05, 0) is 46.3 Å². The summed E-state index contributed by atoms with van der Waals surface area (Å²) in [5.74, 6) is 0.759. The van der Waals surface area contributed by atoms with Crippen molar-refractivity contribution in [2.24, 2.45) is 0 Å². The molecule has 4 nitrogen and oxygen atoms in total. The lowest BCUT2D eigenvalue weighted by molar-refractivity contribution is 0.475. The first-order valence-electron chi connectivity index (χ1n) is 5.14. The summed E-state index contributed by atoms with van der Waals surface area (Å²) in [6, 6.07) is 8.52. The van der Waals surface area contributed by atoms with Crippen molar-refractivity contribution in [3.8, 4) is 17.1 Å². The van der Waals surface area contributed by atoms with Gasteiger partial charge in [0.05, 0.1) is 5.02 Å². The molecule has 0 atom stereocenters. The predicted octanol–water partition coefficient (Wildman–Crippen LogP) is 3.52. The van der Waals surface area contributed by atoms with Crippen LogP contribution < -0.4 is 0 Å². The van der Waals surface area contributed by atoms with E-state index in [1.807, 2.05) is 22.7 Å². The maximum atomic E-state index is 9.36. The van der Waals surface area contributed by atoms with E-state index in [9.17, 15) is 5.11 Å². The normalized spacial score (nSPS) is 11.0. The summed E-state index contributed by atoms with van der Waals surface area (Å²) in [7, 11) is 0. The van der Waals surface area contributed by atoms with E-state index in [2.05, 4.69) is 26.1 Å². The summed E-state index contributed by atoms with van der Waals surface area (Å²) in [6.07, 6.45) is 1.87. The van der Waals surface area contributed by atoms with Crippen LogP contribution in [-0.4, -0.2) is 19.7 Å². The van der Waals surface area contributed by atoms with Gasteiger partial charge in [0, 0.05) is 16.2 Å². The zero-order valence-electron chi connectivity index (χ0n) is 9.01. The zero-order chi connectivity index (χ0) is 12.7. The van der Waals surface area contributed by atoms with Gasteiger partial charge in [0.1, 0.15) is 5.75 Å². The van der Waals surface area contributed by atoms with Crippen molar-refractivity contribution >= 4 is 33.2 Å². The molecule has 0 amide bonds. The summed E-state index contributed by atoms with van der Waals surface area (Å²) in [5, 5.41) is 18.0. The first kappa shape index (κ1) is 11.5. The molecule has 90 valence electrons. The van der Waals surface area contributed by atoms with E-state index in [1.54, 1.807) is 12.1 Å². The van der Waals surface area contributed by atoms with Crippen LogP contribution in [0, 0.1) is 0 Å². The number of phenols is 1. The van der Waals surface area contributed by atoms with Crippen molar-refractivity contribution in [2.45, 2.75) is 0 Å². The van der Waals surface area contributed by atoms with Crippen LogP contribution in [0.5, 0.6) is 5.75 Å². The Labute approximate surface area is 116 Å². The lowest BCUT2D eigenvalue weighted by atomic mass is 10.2. The van der Waals surface area contributed by atoms with E-state index in [1.165, 1.54) is 6.07 Å². The first-order valence-corrected chi connectivity index (χ1v) is 6.31. The van der Waals surface area contributed by atoms with E-state index in [4.69, 9.17) is 11.6 Å². The molecule has 2 aromatic heterocycles. The molecule has 0 aliphatic heterocycles. The molecular weight excluding hydrogens is 318 g/mol. The van der Waals surface area contributed by atoms with Gasteiger partial charge in [0.2, 0.25) is 0 Å². The van der Waals surface area contributed by atoms with Gasteiger partial charge in [-0.25, -0.2) is 0 Å². The van der Waals surface area contributed by atoms with E-state index in [-0.39, 0.29) is 5.75 Å². The summed E-state index contributed by atoms with van der Waals surface area (Å²) >= 11 is 9.51. The third-order valence-corrected chi connectivity index (χ3v) is 3.34. The number of rotatable bonds is 1. The zero-order valence-corrected chi connectivity index (χ0v) is 11.4. The van der Waals surface area contributed by atoms with E-state index in [0.717, 1.165) is 15.7 Å². The number of benzene rings is 1. The molecule has 0 aliphatic carbocycles. The molecule has 0 unspecified atom stereocenters. The standard InChI is InChI=1S/C12H7BrClN3O/c13-7-1-4-11-15-16-12(17(11)6-7)9-3-2-8(18)5-10(9)14/h1-6,18H. The molecule has 3 aromatic rings. The van der Waals surface area contributed by atoms with Crippen molar-refractivity contribution in [1.29, 1.82) is 0 Å². The molecule has 0 saturated carbocycles. The highest BCUT2D eigenvalue weighted by Crippen LogP contribution is 2.30. The van der Waals surface area contributed by atoms with Gasteiger partial charge < -0.3 is 5.11 Å². The molecule has 3 rings (SSSR count). The first-order chi connectivity index (χ1) is 8.65. The molecule has 0 fully saturated rings. The second-order valence-electron chi connectivity index (χ2n) is 3.76. The largest absolute Gasteiger partial charge is 0.508 e. The smallest absolute Gasteiger partial charge is 0.169 e. The number of hydrogen-bond donors (Lipinski definition) is 1. The van der Waals surface area contributed by atoms with Crippen LogP contribution in [0.1, 0.15) is 0 Å². The van der Waals surface area contributed by atoms with Gasteiger partial charge in [-0.1, -0.05) is 11.6 Å². The number of pyridine rings is 1. The van der Waals surface area contributed by atoms with Crippen LogP contribution in [0.25, 0.3) is 17.0 Å². The highest BCUT2D eigenvalue weighted by atomic mass is 79.9. The van der Waals surface area contributed by atoms with Crippen LogP contribution in [0.15, 0.2) is 41.0 Å². The molecule has 6 heteroatoms. The summed E-state index contributed by atoms with van der Waals surface area (Å²) < 4.78 is 2.76. The molecule has 0 spiro atoms. The number of aromatic hydroxyl groups is 1.